The molecule has 1 saturated heterocycles. The van der Waals surface area contributed by atoms with E-state index in [0.717, 1.165) is 63.3 Å². The number of ether oxygens (including phenoxy) is 3. The molecule has 0 aliphatic carbocycles. The number of anilines is 3. The van der Waals surface area contributed by atoms with Crippen molar-refractivity contribution in [1.29, 1.82) is 0 Å². The van der Waals surface area contributed by atoms with Crippen LogP contribution in [0.25, 0.3) is 31.9 Å². The molecular weight excluding hydrogens is 1370 g/mol. The Hall–Kier alpha value is -10.8. The zero-order valence-electron chi connectivity index (χ0n) is 58.7. The van der Waals surface area contributed by atoms with Gasteiger partial charge in [0.15, 0.2) is 5.75 Å². The number of hydrogen-bond donors (Lipinski definition) is 7. The molecule has 11 rings (SSSR count). The summed E-state index contributed by atoms with van der Waals surface area (Å²) in [4.78, 5) is 147. The van der Waals surface area contributed by atoms with E-state index in [1.54, 1.807) is 65.6 Å². The number of benzene rings is 5. The number of aryl methyl sites for hydroxylation is 1. The first-order valence-electron chi connectivity index (χ1n) is 34.8. The Morgan fingerprint density at radius 3 is 2.12 bits per heavy atom. The van der Waals surface area contributed by atoms with E-state index in [1.807, 2.05) is 74.7 Å². The monoisotopic (exact) mass is 1450 g/mol. The molecule has 5 aromatic carbocycles. The maximum Gasteiger partial charge on any atom is 0.415 e. The Balaban J connectivity index is 0.636. The molecule has 0 bridgehead atoms. The molecule has 3 atom stereocenters. The predicted octanol–water partition coefficient (Wildman–Crippen LogP) is 10.9. The Morgan fingerprint density at radius 1 is 0.721 bits per heavy atom. The van der Waals surface area contributed by atoms with Gasteiger partial charge in [0.05, 0.1) is 16.9 Å². The third kappa shape index (κ3) is 18.7. The number of rotatable bonds is 31. The second kappa shape index (κ2) is 34.0. The molecule has 8 aromatic rings. The first kappa shape index (κ1) is 74.4. The van der Waals surface area contributed by atoms with Gasteiger partial charge < -0.3 is 65.5 Å². The molecule has 3 aliphatic rings. The van der Waals surface area contributed by atoms with E-state index in [9.17, 15) is 47.9 Å². The first-order valence-corrected chi connectivity index (χ1v) is 36.1. The van der Waals surface area contributed by atoms with Gasteiger partial charge in [-0.25, -0.2) is 9.59 Å². The summed E-state index contributed by atoms with van der Waals surface area (Å²) in [7, 11) is 3.07. The number of nitrogens with zero attached hydrogens (tertiary/aromatic N) is 5. The highest BCUT2D eigenvalue weighted by Crippen LogP contribution is 2.51. The minimum Gasteiger partial charge on any atom is -0.492 e. The van der Waals surface area contributed by atoms with Crippen molar-refractivity contribution in [3.8, 4) is 11.5 Å². The average Bonchev–Trinajstić information content (AvgIpc) is 1.57. The number of aromatic nitrogens is 2. The Labute approximate surface area is 610 Å². The van der Waals surface area contributed by atoms with Gasteiger partial charge in [0.25, 0.3) is 23.6 Å². The summed E-state index contributed by atoms with van der Waals surface area (Å²) in [6, 6.07) is 29.9. The van der Waals surface area contributed by atoms with Crippen LogP contribution >= 0.6 is 22.9 Å². The SMILES string of the molecule is C=C(Cl)C1CN(C(=O)c2cc3cc(NC(=O)c4cc5cc(OCCN6CCCC6)ccc5[nH]4)ccc3[nH]2)c2cc(OC(=O)N(C)CCN(C)C(=O)OCc3ccc(NC(=O)CNC(=O)C(CC(C)C)NC(=O)C(Cc4ccccc4)NC(=O)CCCCCN4C(=O)C=CC4=O)cc3)c3scc(C)c3c21. The summed E-state index contributed by atoms with van der Waals surface area (Å²) in [6.07, 6.45) is 5.53. The lowest BCUT2D eigenvalue weighted by atomic mass is 9.95. The number of likely N-dealkylation sites (tertiary alicyclic amines) is 1. The molecule has 544 valence electrons. The van der Waals surface area contributed by atoms with E-state index >= 15 is 0 Å². The number of imide groups is 1. The Kier molecular flexibility index (Phi) is 24.3. The molecule has 1 fully saturated rings. The zero-order chi connectivity index (χ0) is 73.7. The number of hydrogen-bond acceptors (Lipinski definition) is 15. The largest absolute Gasteiger partial charge is 0.492 e. The third-order valence-electron chi connectivity index (χ3n) is 18.5. The van der Waals surface area contributed by atoms with Crippen LogP contribution in [-0.2, 0) is 46.5 Å². The fourth-order valence-corrected chi connectivity index (χ4v) is 14.1. The van der Waals surface area contributed by atoms with Crippen LogP contribution in [0.5, 0.6) is 11.5 Å². The summed E-state index contributed by atoms with van der Waals surface area (Å²) >= 11 is 8.13. The number of carbonyl (C=O) groups is 10. The van der Waals surface area contributed by atoms with E-state index in [2.05, 4.69) is 48.0 Å². The second-order valence-electron chi connectivity index (χ2n) is 26.8. The van der Waals surface area contributed by atoms with Gasteiger partial charge in [-0.2, -0.15) is 0 Å². The van der Waals surface area contributed by atoms with Crippen molar-refractivity contribution in [2.75, 3.05) is 88.6 Å². The minimum atomic E-state index is -1.04. The molecule has 0 radical (unpaired) electrons. The lowest BCUT2D eigenvalue weighted by molar-refractivity contribution is -0.137. The van der Waals surface area contributed by atoms with E-state index in [0.29, 0.717) is 74.8 Å². The van der Waals surface area contributed by atoms with Gasteiger partial charge in [-0.3, -0.25) is 48.2 Å². The quantitative estimate of drug-likeness (QED) is 0.0157. The van der Waals surface area contributed by atoms with Crippen LogP contribution in [0.2, 0.25) is 0 Å². The van der Waals surface area contributed by atoms with Gasteiger partial charge in [0.2, 0.25) is 23.6 Å². The smallest absolute Gasteiger partial charge is 0.415 e. The van der Waals surface area contributed by atoms with Crippen LogP contribution < -0.4 is 41.0 Å². The lowest BCUT2D eigenvalue weighted by Crippen LogP contribution is -2.55. The number of aromatic amines is 2. The molecule has 3 aliphatic heterocycles. The molecule has 104 heavy (non-hydrogen) atoms. The van der Waals surface area contributed by atoms with E-state index in [4.69, 9.17) is 25.8 Å². The number of fused-ring (bicyclic) bond motifs is 5. The fourth-order valence-electron chi connectivity index (χ4n) is 12.9. The third-order valence-corrected chi connectivity index (χ3v) is 19.9. The van der Waals surface area contributed by atoms with Crippen molar-refractivity contribution in [3.63, 3.8) is 0 Å². The van der Waals surface area contributed by atoms with Crippen LogP contribution in [0.1, 0.15) is 108 Å². The van der Waals surface area contributed by atoms with Gasteiger partial charge in [0, 0.05) is 127 Å². The molecule has 0 saturated carbocycles. The van der Waals surface area contributed by atoms with Crippen LogP contribution in [0, 0.1) is 12.8 Å². The molecule has 25 nitrogen and oxygen atoms in total. The maximum atomic E-state index is 14.7. The number of likely N-dealkylation sites (N-methyl/N-ethyl adjacent to an activating group) is 2. The summed E-state index contributed by atoms with van der Waals surface area (Å²) in [5, 5.41) is 18.6. The Morgan fingerprint density at radius 2 is 1.40 bits per heavy atom. The average molecular weight is 1450 g/mol. The number of amides is 10. The van der Waals surface area contributed by atoms with Crippen molar-refractivity contribution in [2.24, 2.45) is 5.92 Å². The molecule has 0 spiro atoms. The van der Waals surface area contributed by atoms with Crippen molar-refractivity contribution in [2.45, 2.75) is 96.7 Å². The summed E-state index contributed by atoms with van der Waals surface area (Å²) in [5.41, 5.74) is 6.60. The van der Waals surface area contributed by atoms with Gasteiger partial charge >= 0.3 is 12.2 Å². The lowest BCUT2D eigenvalue weighted by Gasteiger charge is -2.24. The van der Waals surface area contributed by atoms with Crippen molar-refractivity contribution in [1.82, 2.24) is 45.5 Å². The summed E-state index contributed by atoms with van der Waals surface area (Å²) in [6.45, 7) is 13.5. The number of H-pyrrole nitrogens is 2. The molecule has 3 aromatic heterocycles. The molecule has 10 amide bonds. The number of thiophene rings is 1. The van der Waals surface area contributed by atoms with E-state index in [1.165, 1.54) is 60.2 Å². The molecule has 3 unspecified atom stereocenters. The molecular formula is C77H85ClN12O13S. The van der Waals surface area contributed by atoms with Crippen molar-refractivity contribution >= 4 is 131 Å². The fraction of sp³-hybridized carbons (Fsp3) is 0.351. The van der Waals surface area contributed by atoms with Gasteiger partial charge in [-0.1, -0.05) is 80.9 Å². The molecule has 27 heteroatoms. The predicted molar refractivity (Wildman–Crippen MR) is 399 cm³/mol. The van der Waals surface area contributed by atoms with Gasteiger partial charge in [-0.05, 0) is 146 Å². The highest BCUT2D eigenvalue weighted by molar-refractivity contribution is 7.17. The number of nitrogens with one attached hydrogen (secondary N) is 7. The van der Waals surface area contributed by atoms with Crippen LogP contribution in [0.4, 0.5) is 26.7 Å². The zero-order valence-corrected chi connectivity index (χ0v) is 60.3. The van der Waals surface area contributed by atoms with Crippen molar-refractivity contribution in [3.05, 3.63) is 172 Å². The molecule has 6 heterocycles. The van der Waals surface area contributed by atoms with Crippen molar-refractivity contribution < 1.29 is 62.2 Å². The first-order chi connectivity index (χ1) is 50.0. The summed E-state index contributed by atoms with van der Waals surface area (Å²) < 4.78 is 18.4. The number of carbonyl (C=O) groups excluding carboxylic acids is 10. The maximum absolute atomic E-state index is 14.7. The standard InChI is InChI=1S/C77H85ClN12O13S/c1-46(2)35-59(85-74(97)60(36-49-15-9-7-10-16-49)84-65(91)17-11-8-12-30-89-67(93)26-27-68(89)94)72(95)79-42-66(92)80-53-20-18-50(19-21-53)44-102-76(99)86(5)31-32-87(6)77(100)103-64-41-63-70(69-47(3)45-104-71(64)69)56(48(4)78)43-90(63)75(98)62-40-51-37-54(22-24-57(51)83-62)81-73(96)61-39-52-38-55(23-25-58(52)82-61)101-34-33-88-28-13-14-29-88/h7,9-10,15-16,18-27,37-41,45-46,56,59-60,82-83H,4,8,11-14,17,28-36,42-44H2,1-3,5-6H3,(H,79,95)(H,80,92)(H,81,96)(H,84,91)(H,85,97). The van der Waals surface area contributed by atoms with E-state index < -0.39 is 54.5 Å². The van der Waals surface area contributed by atoms with Crippen LogP contribution in [0.3, 0.4) is 0 Å². The summed E-state index contributed by atoms with van der Waals surface area (Å²) in [5.74, 6) is -3.05. The van der Waals surface area contributed by atoms with Crippen LogP contribution in [-0.4, -0.2) is 174 Å². The molecule has 7 N–H and O–H groups in total. The van der Waals surface area contributed by atoms with E-state index in [-0.39, 0.29) is 98.9 Å². The minimum absolute atomic E-state index is 0.0404. The Bertz CT molecular complexity index is 4580. The highest BCUT2D eigenvalue weighted by atomic mass is 35.5. The number of halogens is 1. The highest BCUT2D eigenvalue weighted by Gasteiger charge is 2.39. The normalized spacial score (nSPS) is 14.7. The van der Waals surface area contributed by atoms with Crippen LogP contribution in [0.15, 0.2) is 138 Å². The van der Waals surface area contributed by atoms with Gasteiger partial charge in [0.1, 0.15) is 42.4 Å². The number of unbranched alkanes of at least 4 members (excludes halogenated alkanes) is 2. The topological polar surface area (TPSA) is 306 Å². The second-order valence-corrected chi connectivity index (χ2v) is 28.2. The van der Waals surface area contributed by atoms with Gasteiger partial charge in [-0.15, -0.1) is 11.3 Å².